The Morgan fingerprint density at radius 3 is 1.86 bits per heavy atom. The third-order valence-corrected chi connectivity index (χ3v) is 5.27. The predicted octanol–water partition coefficient (Wildman–Crippen LogP) is 4.97. The average Bonchev–Trinajstić information content (AvgIpc) is 2.18. The van der Waals surface area contributed by atoms with Crippen molar-refractivity contribution in [1.29, 1.82) is 0 Å². The van der Waals surface area contributed by atoms with Crippen LogP contribution >= 0.6 is 36.2 Å². The van der Waals surface area contributed by atoms with E-state index in [4.69, 9.17) is 12.6 Å². The van der Waals surface area contributed by atoms with E-state index in [9.17, 15) is 0 Å². The van der Waals surface area contributed by atoms with E-state index in [0.717, 1.165) is 10.3 Å². The van der Waals surface area contributed by atoms with Crippen LogP contribution in [0.3, 0.4) is 0 Å². The summed E-state index contributed by atoms with van der Waals surface area (Å²) in [6.45, 7) is 4.51. The van der Waals surface area contributed by atoms with Gasteiger partial charge >= 0.3 is 0 Å². The van der Waals surface area contributed by atoms with Crippen LogP contribution in [0.25, 0.3) is 0 Å². The molecule has 3 heteroatoms. The van der Waals surface area contributed by atoms with Gasteiger partial charge in [-0.25, -0.2) is 0 Å². The first-order valence-electron chi connectivity index (χ1n) is 5.66. The average molecular weight is 252 g/mol. The molecular weight excluding hydrogens is 228 g/mol. The largest absolute Gasteiger partial charge is 0.148 e. The van der Waals surface area contributed by atoms with Crippen LogP contribution in [0.5, 0.6) is 0 Å². The SMILES string of the molecule is CCCCSC(CC[S])SCCCC. The van der Waals surface area contributed by atoms with Gasteiger partial charge in [-0.15, -0.1) is 23.5 Å². The van der Waals surface area contributed by atoms with E-state index in [0.29, 0.717) is 0 Å². The van der Waals surface area contributed by atoms with Crippen LogP contribution < -0.4 is 0 Å². The molecule has 0 aliphatic carbocycles. The molecular formula is C11H23S3. The van der Waals surface area contributed by atoms with Gasteiger partial charge in [0.25, 0.3) is 0 Å². The molecule has 85 valence electrons. The quantitative estimate of drug-likeness (QED) is 0.397. The molecule has 0 bridgehead atoms. The molecule has 0 unspecified atom stereocenters. The van der Waals surface area contributed by atoms with Gasteiger partial charge in [0.2, 0.25) is 0 Å². The summed E-state index contributed by atoms with van der Waals surface area (Å²) >= 11 is 9.29. The second-order valence-electron chi connectivity index (χ2n) is 3.37. The fourth-order valence-corrected chi connectivity index (χ4v) is 4.53. The van der Waals surface area contributed by atoms with E-state index in [1.165, 1.54) is 43.6 Å². The minimum Gasteiger partial charge on any atom is -0.148 e. The molecule has 0 fully saturated rings. The maximum absolute atomic E-state index is 5.06. The molecule has 0 N–H and O–H groups in total. The Kier molecular flexibility index (Phi) is 13.0. The maximum Gasteiger partial charge on any atom is 0.0510 e. The molecule has 1 radical (unpaired) electrons. The topological polar surface area (TPSA) is 0 Å². The minimum absolute atomic E-state index is 0.769. The Morgan fingerprint density at radius 2 is 1.50 bits per heavy atom. The lowest BCUT2D eigenvalue weighted by molar-refractivity contribution is 0.889. The zero-order chi connectivity index (χ0) is 10.6. The normalized spacial score (nSPS) is 11.1. The summed E-state index contributed by atoms with van der Waals surface area (Å²) in [4.78, 5) is 0. The fourth-order valence-electron chi connectivity index (χ4n) is 1.03. The Labute approximate surface area is 104 Å². The lowest BCUT2D eigenvalue weighted by atomic mass is 10.4. The third kappa shape index (κ3) is 9.60. The molecule has 0 aromatic rings. The smallest absolute Gasteiger partial charge is 0.0510 e. The predicted molar refractivity (Wildman–Crippen MR) is 75.6 cm³/mol. The molecule has 0 amide bonds. The molecule has 0 nitrogen and oxygen atoms in total. The van der Waals surface area contributed by atoms with Crippen molar-refractivity contribution in [3.8, 4) is 0 Å². The second-order valence-corrected chi connectivity index (χ2v) is 6.70. The molecule has 0 atom stereocenters. The van der Waals surface area contributed by atoms with Gasteiger partial charge in [0.1, 0.15) is 0 Å². The molecule has 0 aliphatic rings. The monoisotopic (exact) mass is 251 g/mol. The Balaban J connectivity index is 3.44. The summed E-state index contributed by atoms with van der Waals surface area (Å²) in [6.07, 6.45) is 6.54. The van der Waals surface area contributed by atoms with Gasteiger partial charge in [-0.05, 0) is 30.8 Å². The number of thioether (sulfide) groups is 2. The minimum atomic E-state index is 0.769. The molecule has 0 spiro atoms. The summed E-state index contributed by atoms with van der Waals surface area (Å²) in [5.74, 6) is 3.55. The van der Waals surface area contributed by atoms with Gasteiger partial charge in [0.05, 0.1) is 4.58 Å². The Hall–Kier alpha value is 1.05. The zero-order valence-electron chi connectivity index (χ0n) is 9.46. The van der Waals surface area contributed by atoms with E-state index < -0.39 is 0 Å². The molecule has 14 heavy (non-hydrogen) atoms. The molecule has 0 saturated heterocycles. The summed E-state index contributed by atoms with van der Waals surface area (Å²) < 4.78 is 0.769. The molecule has 0 saturated carbocycles. The van der Waals surface area contributed by atoms with Crippen LogP contribution in [-0.2, 0) is 0 Å². The first-order chi connectivity index (χ1) is 6.85. The fraction of sp³-hybridized carbons (Fsp3) is 1.00. The first kappa shape index (κ1) is 15.0. The molecule has 0 aliphatic heterocycles. The van der Waals surface area contributed by atoms with Crippen LogP contribution in [0.15, 0.2) is 0 Å². The highest BCUT2D eigenvalue weighted by Crippen LogP contribution is 2.28. The van der Waals surface area contributed by atoms with Crippen LogP contribution in [0.1, 0.15) is 46.0 Å². The van der Waals surface area contributed by atoms with Crippen molar-refractivity contribution < 1.29 is 0 Å². The first-order valence-corrected chi connectivity index (χ1v) is 8.33. The van der Waals surface area contributed by atoms with Crippen molar-refractivity contribution in [3.05, 3.63) is 0 Å². The van der Waals surface area contributed by atoms with E-state index >= 15 is 0 Å². The molecule has 0 aromatic heterocycles. The summed E-state index contributed by atoms with van der Waals surface area (Å²) in [6, 6.07) is 0. The van der Waals surface area contributed by atoms with Gasteiger partial charge < -0.3 is 0 Å². The third-order valence-electron chi connectivity index (χ3n) is 1.96. The van der Waals surface area contributed by atoms with Crippen molar-refractivity contribution in [2.75, 3.05) is 17.3 Å². The number of hydrogen-bond donors (Lipinski definition) is 0. The van der Waals surface area contributed by atoms with Crippen molar-refractivity contribution in [3.63, 3.8) is 0 Å². The lowest BCUT2D eigenvalue weighted by Gasteiger charge is -2.14. The highest BCUT2D eigenvalue weighted by molar-refractivity contribution is 8.17. The van der Waals surface area contributed by atoms with Gasteiger partial charge in [0.15, 0.2) is 0 Å². The highest BCUT2D eigenvalue weighted by atomic mass is 32.2. The molecule has 0 rings (SSSR count). The number of hydrogen-bond acceptors (Lipinski definition) is 2. The van der Waals surface area contributed by atoms with E-state index in [1.54, 1.807) is 0 Å². The standard InChI is InChI=1S/C11H23S3/c1-3-5-9-13-11(7-8-12)14-10-6-4-2/h11H,3-10H2,1-2H3. The van der Waals surface area contributed by atoms with Crippen LogP contribution in [0.2, 0.25) is 0 Å². The summed E-state index contributed by atoms with van der Waals surface area (Å²) in [5, 5.41) is 0. The number of unbranched alkanes of at least 4 members (excludes halogenated alkanes) is 2. The van der Waals surface area contributed by atoms with E-state index in [-0.39, 0.29) is 0 Å². The van der Waals surface area contributed by atoms with Crippen molar-refractivity contribution in [2.45, 2.75) is 50.5 Å². The van der Waals surface area contributed by atoms with E-state index in [2.05, 4.69) is 37.4 Å². The summed E-state index contributed by atoms with van der Waals surface area (Å²) in [5.41, 5.74) is 0. The highest BCUT2D eigenvalue weighted by Gasteiger charge is 2.07. The van der Waals surface area contributed by atoms with Crippen molar-refractivity contribution in [2.24, 2.45) is 0 Å². The van der Waals surface area contributed by atoms with Crippen LogP contribution in [0, 0.1) is 0 Å². The van der Waals surface area contributed by atoms with Gasteiger partial charge in [-0.3, -0.25) is 0 Å². The second kappa shape index (κ2) is 12.1. The van der Waals surface area contributed by atoms with E-state index in [1.807, 2.05) is 0 Å². The maximum atomic E-state index is 5.06. The van der Waals surface area contributed by atoms with Crippen LogP contribution in [0.4, 0.5) is 0 Å². The van der Waals surface area contributed by atoms with Crippen molar-refractivity contribution in [1.82, 2.24) is 0 Å². The van der Waals surface area contributed by atoms with Crippen LogP contribution in [-0.4, -0.2) is 21.8 Å². The molecule has 0 heterocycles. The zero-order valence-corrected chi connectivity index (χ0v) is 11.9. The lowest BCUT2D eigenvalue weighted by Crippen LogP contribution is -2.01. The Bertz CT molecular complexity index is 96.7. The van der Waals surface area contributed by atoms with Gasteiger partial charge in [-0.1, -0.05) is 39.3 Å². The summed E-state index contributed by atoms with van der Waals surface area (Å²) in [7, 11) is 0. The van der Waals surface area contributed by atoms with Gasteiger partial charge in [-0.2, -0.15) is 0 Å². The molecule has 0 aromatic carbocycles. The number of rotatable bonds is 10. The Morgan fingerprint density at radius 1 is 1.00 bits per heavy atom. The van der Waals surface area contributed by atoms with Gasteiger partial charge in [0, 0.05) is 5.75 Å². The van der Waals surface area contributed by atoms with Crippen molar-refractivity contribution >= 4 is 36.2 Å².